The number of aromatic nitrogens is 5. The third-order valence-corrected chi connectivity index (χ3v) is 6.47. The second-order valence-corrected chi connectivity index (χ2v) is 10.2. The number of amides is 1. The van der Waals surface area contributed by atoms with Crippen molar-refractivity contribution in [3.8, 4) is 0 Å². The number of benzene rings is 1. The lowest BCUT2D eigenvalue weighted by atomic mass is 10.1. The molecule has 33 heavy (non-hydrogen) atoms. The van der Waals surface area contributed by atoms with Crippen molar-refractivity contribution in [2.45, 2.75) is 72.0 Å². The zero-order chi connectivity index (χ0) is 23.5. The minimum atomic E-state index is -0.222. The van der Waals surface area contributed by atoms with Gasteiger partial charge in [0.15, 0.2) is 5.65 Å². The van der Waals surface area contributed by atoms with E-state index in [1.165, 1.54) is 0 Å². The fourth-order valence-corrected chi connectivity index (χ4v) is 4.62. The van der Waals surface area contributed by atoms with Crippen LogP contribution >= 0.6 is 0 Å². The number of carbonyl (C=O) groups is 1. The minimum Gasteiger partial charge on any atom is -0.334 e. The van der Waals surface area contributed by atoms with Crippen LogP contribution in [0.4, 0.5) is 0 Å². The molecule has 1 amide bonds. The van der Waals surface area contributed by atoms with Crippen LogP contribution in [0.3, 0.4) is 0 Å². The first-order valence-electron chi connectivity index (χ1n) is 11.8. The average molecular weight is 445 g/mol. The molecule has 0 unspecified atom stereocenters. The third kappa shape index (κ3) is 3.69. The van der Waals surface area contributed by atoms with E-state index in [1.54, 1.807) is 4.90 Å². The van der Waals surface area contributed by atoms with E-state index in [0.29, 0.717) is 18.0 Å². The van der Waals surface area contributed by atoms with Gasteiger partial charge in [-0.1, -0.05) is 12.1 Å². The summed E-state index contributed by atoms with van der Waals surface area (Å²) in [4.78, 5) is 25.4. The first kappa shape index (κ1) is 21.6. The normalized spacial score (nSPS) is 14.4. The number of para-hydroxylation sites is 2. The van der Waals surface area contributed by atoms with Crippen LogP contribution < -0.4 is 0 Å². The molecule has 0 spiro atoms. The quantitative estimate of drug-likeness (QED) is 0.434. The summed E-state index contributed by atoms with van der Waals surface area (Å²) in [5.41, 5.74) is 5.18. The molecule has 0 aliphatic heterocycles. The fourth-order valence-electron chi connectivity index (χ4n) is 4.62. The van der Waals surface area contributed by atoms with E-state index in [0.717, 1.165) is 58.7 Å². The molecule has 0 saturated heterocycles. The van der Waals surface area contributed by atoms with Gasteiger partial charge >= 0.3 is 0 Å². The minimum absolute atomic E-state index is 0.0180. The van der Waals surface area contributed by atoms with Gasteiger partial charge in [0.25, 0.3) is 5.91 Å². The SMILES string of the molecule is CCn1c(CN(C)C(=O)c2cc(C3CC3)nc3c2c(C)nn3C(C)(C)C)nc2ccccc21. The monoisotopic (exact) mass is 444 g/mol. The summed E-state index contributed by atoms with van der Waals surface area (Å²) in [6.45, 7) is 11.7. The number of fused-ring (bicyclic) bond motifs is 2. The predicted octanol–water partition coefficient (Wildman–Crippen LogP) is 5.01. The van der Waals surface area contributed by atoms with Crippen molar-refractivity contribution in [1.29, 1.82) is 0 Å². The highest BCUT2D eigenvalue weighted by Gasteiger charge is 2.31. The molecule has 1 aromatic carbocycles. The Labute approximate surface area is 194 Å². The topological polar surface area (TPSA) is 68.8 Å². The van der Waals surface area contributed by atoms with E-state index in [2.05, 4.69) is 38.3 Å². The summed E-state index contributed by atoms with van der Waals surface area (Å²) in [5.74, 6) is 1.32. The standard InChI is InChI=1S/C26H32N6O/c1-7-31-21-11-9-8-10-19(21)27-22(31)15-30(6)25(33)18-14-20(17-12-13-17)28-24-23(18)16(2)29-32(24)26(3,4)5/h8-11,14,17H,7,12-13,15H2,1-6H3. The van der Waals surface area contributed by atoms with E-state index in [-0.39, 0.29) is 11.4 Å². The van der Waals surface area contributed by atoms with Crippen molar-refractivity contribution in [3.63, 3.8) is 0 Å². The first-order chi connectivity index (χ1) is 15.7. The fraction of sp³-hybridized carbons (Fsp3) is 0.462. The summed E-state index contributed by atoms with van der Waals surface area (Å²) in [6, 6.07) is 10.1. The van der Waals surface area contributed by atoms with Crippen LogP contribution in [0.15, 0.2) is 30.3 Å². The van der Waals surface area contributed by atoms with Crippen LogP contribution in [-0.2, 0) is 18.6 Å². The molecule has 4 aromatic rings. The van der Waals surface area contributed by atoms with Crippen LogP contribution in [0.5, 0.6) is 0 Å². The van der Waals surface area contributed by atoms with Crippen LogP contribution in [0.25, 0.3) is 22.1 Å². The maximum Gasteiger partial charge on any atom is 0.254 e. The number of aryl methyl sites for hydroxylation is 2. The molecular weight excluding hydrogens is 412 g/mol. The van der Waals surface area contributed by atoms with E-state index >= 15 is 0 Å². The van der Waals surface area contributed by atoms with Crippen molar-refractivity contribution in [2.24, 2.45) is 0 Å². The summed E-state index contributed by atoms with van der Waals surface area (Å²) in [6.07, 6.45) is 2.26. The highest BCUT2D eigenvalue weighted by atomic mass is 16.2. The molecule has 3 heterocycles. The summed E-state index contributed by atoms with van der Waals surface area (Å²) >= 11 is 0. The Bertz CT molecular complexity index is 1370. The number of hydrogen-bond donors (Lipinski definition) is 0. The number of pyridine rings is 1. The van der Waals surface area contributed by atoms with Gasteiger partial charge < -0.3 is 9.47 Å². The molecule has 0 radical (unpaired) electrons. The number of carbonyl (C=O) groups excluding carboxylic acids is 1. The summed E-state index contributed by atoms with van der Waals surface area (Å²) in [5, 5.41) is 5.65. The highest BCUT2D eigenvalue weighted by Crippen LogP contribution is 2.41. The molecule has 7 nitrogen and oxygen atoms in total. The van der Waals surface area contributed by atoms with E-state index in [9.17, 15) is 4.79 Å². The van der Waals surface area contributed by atoms with Gasteiger partial charge in [0.1, 0.15) is 5.82 Å². The zero-order valence-corrected chi connectivity index (χ0v) is 20.4. The van der Waals surface area contributed by atoms with Gasteiger partial charge in [-0.25, -0.2) is 14.6 Å². The second kappa shape index (κ2) is 7.68. The lowest BCUT2D eigenvalue weighted by molar-refractivity contribution is 0.0782. The molecule has 0 N–H and O–H groups in total. The first-order valence-corrected chi connectivity index (χ1v) is 11.8. The van der Waals surface area contributed by atoms with Gasteiger partial charge in [0, 0.05) is 25.2 Å². The van der Waals surface area contributed by atoms with Crippen molar-refractivity contribution >= 4 is 28.0 Å². The Hall–Kier alpha value is -3.22. The molecule has 0 bridgehead atoms. The number of imidazole rings is 1. The number of hydrogen-bond acceptors (Lipinski definition) is 4. The Morgan fingerprint density at radius 1 is 1.18 bits per heavy atom. The largest absolute Gasteiger partial charge is 0.334 e. The van der Waals surface area contributed by atoms with Gasteiger partial charge in [-0.2, -0.15) is 5.10 Å². The molecule has 7 heteroatoms. The van der Waals surface area contributed by atoms with Gasteiger partial charge in [-0.3, -0.25) is 4.79 Å². The molecule has 3 aromatic heterocycles. The lowest BCUT2D eigenvalue weighted by Gasteiger charge is -2.21. The van der Waals surface area contributed by atoms with Crippen LogP contribution in [0.1, 0.15) is 74.0 Å². The average Bonchev–Trinajstić information content (AvgIpc) is 3.48. The van der Waals surface area contributed by atoms with E-state index < -0.39 is 0 Å². The predicted molar refractivity (Wildman–Crippen MR) is 130 cm³/mol. The molecule has 172 valence electrons. The second-order valence-electron chi connectivity index (χ2n) is 10.2. The molecule has 0 atom stereocenters. The van der Waals surface area contributed by atoms with Gasteiger partial charge in [-0.05, 0) is 65.7 Å². The molecule has 1 aliphatic rings. The zero-order valence-electron chi connectivity index (χ0n) is 20.4. The Kier molecular flexibility index (Phi) is 5.03. The third-order valence-electron chi connectivity index (χ3n) is 6.47. The maximum atomic E-state index is 13.8. The summed E-state index contributed by atoms with van der Waals surface area (Å²) in [7, 11) is 1.86. The van der Waals surface area contributed by atoms with Crippen LogP contribution in [0, 0.1) is 6.92 Å². The molecular formula is C26H32N6O. The smallest absolute Gasteiger partial charge is 0.254 e. The highest BCUT2D eigenvalue weighted by molar-refractivity contribution is 6.06. The van der Waals surface area contributed by atoms with Gasteiger partial charge in [0.2, 0.25) is 0 Å². The van der Waals surface area contributed by atoms with E-state index in [1.807, 2.05) is 42.9 Å². The lowest BCUT2D eigenvalue weighted by Crippen LogP contribution is -2.28. The number of rotatable bonds is 5. The van der Waals surface area contributed by atoms with Crippen molar-refractivity contribution < 1.29 is 4.79 Å². The Morgan fingerprint density at radius 2 is 1.91 bits per heavy atom. The molecule has 1 fully saturated rings. The van der Waals surface area contributed by atoms with Crippen molar-refractivity contribution in [3.05, 3.63) is 53.1 Å². The Morgan fingerprint density at radius 3 is 2.58 bits per heavy atom. The van der Waals surface area contributed by atoms with Crippen LogP contribution in [-0.4, -0.2) is 42.2 Å². The van der Waals surface area contributed by atoms with Crippen molar-refractivity contribution in [2.75, 3.05) is 7.05 Å². The van der Waals surface area contributed by atoms with E-state index in [4.69, 9.17) is 15.1 Å². The number of nitrogens with zero attached hydrogens (tertiary/aromatic N) is 6. The van der Waals surface area contributed by atoms with Crippen LogP contribution in [0.2, 0.25) is 0 Å². The molecule has 5 rings (SSSR count). The van der Waals surface area contributed by atoms with Gasteiger partial charge in [0.05, 0.1) is 39.8 Å². The van der Waals surface area contributed by atoms with Gasteiger partial charge in [-0.15, -0.1) is 0 Å². The summed E-state index contributed by atoms with van der Waals surface area (Å²) < 4.78 is 4.15. The Balaban J connectivity index is 1.57. The van der Waals surface area contributed by atoms with Crippen molar-refractivity contribution in [1.82, 2.24) is 29.2 Å². The molecule has 1 saturated carbocycles. The maximum absolute atomic E-state index is 13.8. The molecule has 1 aliphatic carbocycles.